The quantitative estimate of drug-likeness (QED) is 0.588. The second-order valence-corrected chi connectivity index (χ2v) is 6.83. The molecule has 1 fully saturated rings. The van der Waals surface area contributed by atoms with Gasteiger partial charge in [-0.1, -0.05) is 11.2 Å². The van der Waals surface area contributed by atoms with Crippen molar-refractivity contribution in [2.45, 2.75) is 19.3 Å². The largest absolute Gasteiger partial charge is 0.494 e. The monoisotopic (exact) mass is 409 g/mol. The van der Waals surface area contributed by atoms with Gasteiger partial charge in [0.15, 0.2) is 11.5 Å². The molecule has 0 bridgehead atoms. The summed E-state index contributed by atoms with van der Waals surface area (Å²) >= 11 is 0. The summed E-state index contributed by atoms with van der Waals surface area (Å²) in [7, 11) is 3.13. The molecule has 0 saturated carbocycles. The number of benzene rings is 2. The maximum atomic E-state index is 12.6. The van der Waals surface area contributed by atoms with E-state index >= 15 is 0 Å². The SMILES string of the molecule is CCOc1ccc(N2CC(c3nc(-c4cccc(OC)c4OC)no3)CC2=O)cc1. The number of carbonyl (C=O) groups is 1. The number of para-hydroxylation sites is 1. The lowest BCUT2D eigenvalue weighted by atomic mass is 10.1. The van der Waals surface area contributed by atoms with Gasteiger partial charge in [-0.2, -0.15) is 4.98 Å². The summed E-state index contributed by atoms with van der Waals surface area (Å²) < 4.78 is 21.8. The standard InChI is InChI=1S/C22H23N3O5/c1-4-29-16-10-8-15(9-11-16)25-13-14(12-19(25)26)22-23-21(24-30-22)17-6-5-7-18(27-2)20(17)28-3/h5-11,14H,4,12-13H2,1-3H3. The average Bonchev–Trinajstić information content (AvgIpc) is 3.41. The molecule has 0 radical (unpaired) electrons. The highest BCUT2D eigenvalue weighted by atomic mass is 16.5. The zero-order valence-electron chi connectivity index (χ0n) is 17.1. The number of methoxy groups -OCH3 is 2. The van der Waals surface area contributed by atoms with E-state index in [1.54, 1.807) is 25.2 Å². The van der Waals surface area contributed by atoms with E-state index < -0.39 is 0 Å². The van der Waals surface area contributed by atoms with Crippen LogP contribution in [0.3, 0.4) is 0 Å². The molecule has 1 atom stereocenters. The van der Waals surface area contributed by atoms with E-state index in [1.165, 1.54) is 0 Å². The molecule has 0 aliphatic carbocycles. The highest BCUT2D eigenvalue weighted by Crippen LogP contribution is 2.38. The molecule has 4 rings (SSSR count). The fourth-order valence-electron chi connectivity index (χ4n) is 3.59. The third-order valence-corrected chi connectivity index (χ3v) is 5.02. The summed E-state index contributed by atoms with van der Waals surface area (Å²) in [6.45, 7) is 3.01. The molecule has 30 heavy (non-hydrogen) atoms. The number of anilines is 1. The Morgan fingerprint density at radius 1 is 1.13 bits per heavy atom. The molecule has 2 aromatic carbocycles. The molecule has 1 saturated heterocycles. The van der Waals surface area contributed by atoms with Gasteiger partial charge in [0.05, 0.1) is 32.3 Å². The van der Waals surface area contributed by atoms with Gasteiger partial charge in [-0.25, -0.2) is 0 Å². The number of aromatic nitrogens is 2. The normalized spacial score (nSPS) is 16.0. The van der Waals surface area contributed by atoms with Crippen molar-refractivity contribution in [2.24, 2.45) is 0 Å². The summed E-state index contributed by atoms with van der Waals surface area (Å²) in [6.07, 6.45) is 0.310. The second-order valence-electron chi connectivity index (χ2n) is 6.83. The summed E-state index contributed by atoms with van der Waals surface area (Å²) in [5, 5.41) is 4.10. The van der Waals surface area contributed by atoms with Gasteiger partial charge in [0.25, 0.3) is 0 Å². The molecule has 156 valence electrons. The first-order chi connectivity index (χ1) is 14.6. The Bertz CT molecular complexity index is 1030. The Kier molecular flexibility index (Phi) is 5.56. The van der Waals surface area contributed by atoms with Gasteiger partial charge in [0.1, 0.15) is 5.75 Å². The molecule has 0 N–H and O–H groups in total. The Balaban J connectivity index is 1.54. The van der Waals surface area contributed by atoms with E-state index in [9.17, 15) is 4.79 Å². The minimum Gasteiger partial charge on any atom is -0.494 e. The van der Waals surface area contributed by atoms with Crippen molar-refractivity contribution >= 4 is 11.6 Å². The smallest absolute Gasteiger partial charge is 0.232 e. The number of hydrogen-bond acceptors (Lipinski definition) is 7. The summed E-state index contributed by atoms with van der Waals surface area (Å²) in [6, 6.07) is 12.9. The van der Waals surface area contributed by atoms with Crippen LogP contribution >= 0.6 is 0 Å². The first-order valence-corrected chi connectivity index (χ1v) is 9.72. The highest BCUT2D eigenvalue weighted by Gasteiger charge is 2.35. The van der Waals surface area contributed by atoms with E-state index in [1.807, 2.05) is 43.3 Å². The molecule has 1 amide bonds. The molecule has 0 spiro atoms. The van der Waals surface area contributed by atoms with Gasteiger partial charge in [-0.15, -0.1) is 0 Å². The molecule has 1 aliphatic heterocycles. The predicted molar refractivity (Wildman–Crippen MR) is 110 cm³/mol. The number of carbonyl (C=O) groups excluding carboxylic acids is 1. The van der Waals surface area contributed by atoms with Gasteiger partial charge < -0.3 is 23.6 Å². The average molecular weight is 409 g/mol. The van der Waals surface area contributed by atoms with Crippen LogP contribution in [0.1, 0.15) is 25.2 Å². The van der Waals surface area contributed by atoms with Crippen LogP contribution in [0.5, 0.6) is 17.2 Å². The minimum absolute atomic E-state index is 0.0165. The van der Waals surface area contributed by atoms with Crippen molar-refractivity contribution in [1.29, 1.82) is 0 Å². The van der Waals surface area contributed by atoms with E-state index in [-0.39, 0.29) is 11.8 Å². The van der Waals surface area contributed by atoms with Gasteiger partial charge in [0, 0.05) is 18.7 Å². The molecule has 8 nitrogen and oxygen atoms in total. The molecule has 1 aliphatic rings. The lowest BCUT2D eigenvalue weighted by molar-refractivity contribution is -0.117. The lowest BCUT2D eigenvalue weighted by Gasteiger charge is -2.16. The first kappa shape index (κ1) is 19.8. The van der Waals surface area contributed by atoms with Crippen LogP contribution in [0.15, 0.2) is 47.0 Å². The third-order valence-electron chi connectivity index (χ3n) is 5.02. The van der Waals surface area contributed by atoms with E-state index in [4.69, 9.17) is 18.7 Å². The molecule has 8 heteroatoms. The Labute approximate surface area is 174 Å². The molecular weight excluding hydrogens is 386 g/mol. The number of ether oxygens (including phenoxy) is 3. The summed E-state index contributed by atoms with van der Waals surface area (Å²) in [5.41, 5.74) is 1.49. The molecule has 1 unspecified atom stereocenters. The number of hydrogen-bond donors (Lipinski definition) is 0. The van der Waals surface area contributed by atoms with E-state index in [2.05, 4.69) is 10.1 Å². The Morgan fingerprint density at radius 3 is 2.63 bits per heavy atom. The van der Waals surface area contributed by atoms with Crippen LogP contribution in [0, 0.1) is 0 Å². The lowest BCUT2D eigenvalue weighted by Crippen LogP contribution is -2.24. The Hall–Kier alpha value is -3.55. The second kappa shape index (κ2) is 8.44. The molecule has 2 heterocycles. The van der Waals surface area contributed by atoms with Crippen molar-refractivity contribution in [3.8, 4) is 28.6 Å². The van der Waals surface area contributed by atoms with Gasteiger partial charge in [-0.05, 0) is 43.3 Å². The van der Waals surface area contributed by atoms with Gasteiger partial charge in [-0.3, -0.25) is 4.79 Å². The van der Waals surface area contributed by atoms with Crippen molar-refractivity contribution < 1.29 is 23.5 Å². The maximum Gasteiger partial charge on any atom is 0.232 e. The minimum atomic E-state index is -0.179. The highest BCUT2D eigenvalue weighted by molar-refractivity contribution is 5.96. The van der Waals surface area contributed by atoms with Gasteiger partial charge in [0.2, 0.25) is 17.6 Å². The third kappa shape index (κ3) is 3.68. The summed E-state index contributed by atoms with van der Waals surface area (Å²) in [4.78, 5) is 18.9. The number of nitrogens with zero attached hydrogens (tertiary/aromatic N) is 3. The topological polar surface area (TPSA) is 86.9 Å². The Morgan fingerprint density at radius 2 is 1.93 bits per heavy atom. The number of amides is 1. The van der Waals surface area contributed by atoms with Crippen molar-refractivity contribution in [1.82, 2.24) is 10.1 Å². The summed E-state index contributed by atoms with van der Waals surface area (Å²) in [5.74, 6) is 2.55. The molecule has 3 aromatic rings. The van der Waals surface area contributed by atoms with Crippen LogP contribution in [0.25, 0.3) is 11.4 Å². The van der Waals surface area contributed by atoms with E-state index in [0.29, 0.717) is 48.4 Å². The molecular formula is C22H23N3O5. The van der Waals surface area contributed by atoms with Crippen LogP contribution in [-0.2, 0) is 4.79 Å². The van der Waals surface area contributed by atoms with Gasteiger partial charge >= 0.3 is 0 Å². The van der Waals surface area contributed by atoms with Crippen LogP contribution < -0.4 is 19.1 Å². The first-order valence-electron chi connectivity index (χ1n) is 9.72. The zero-order chi connectivity index (χ0) is 21.1. The van der Waals surface area contributed by atoms with Crippen LogP contribution in [0.2, 0.25) is 0 Å². The van der Waals surface area contributed by atoms with Crippen LogP contribution in [-0.4, -0.2) is 43.4 Å². The molecule has 1 aromatic heterocycles. The zero-order valence-corrected chi connectivity index (χ0v) is 17.1. The van der Waals surface area contributed by atoms with Crippen LogP contribution in [0.4, 0.5) is 5.69 Å². The van der Waals surface area contributed by atoms with Crippen molar-refractivity contribution in [2.75, 3.05) is 32.3 Å². The predicted octanol–water partition coefficient (Wildman–Crippen LogP) is 3.67. The fraction of sp³-hybridized carbons (Fsp3) is 0.318. The number of rotatable bonds is 7. The van der Waals surface area contributed by atoms with Crippen molar-refractivity contribution in [3.05, 3.63) is 48.4 Å². The van der Waals surface area contributed by atoms with E-state index in [0.717, 1.165) is 11.4 Å². The maximum absolute atomic E-state index is 12.6. The van der Waals surface area contributed by atoms with Crippen molar-refractivity contribution in [3.63, 3.8) is 0 Å². The fourth-order valence-corrected chi connectivity index (χ4v) is 3.59.